The molecule has 0 aliphatic carbocycles. The third-order valence-corrected chi connectivity index (χ3v) is 2.40. The second-order valence-electron chi connectivity index (χ2n) is 2.14. The van der Waals surface area contributed by atoms with Crippen molar-refractivity contribution in [3.63, 3.8) is 0 Å². The van der Waals surface area contributed by atoms with Crippen molar-refractivity contribution in [1.82, 2.24) is 0 Å². The second-order valence-corrected chi connectivity index (χ2v) is 3.31. The summed E-state index contributed by atoms with van der Waals surface area (Å²) in [5.74, 6) is 0.0668. The quantitative estimate of drug-likeness (QED) is 0.146. The van der Waals surface area contributed by atoms with Crippen LogP contribution in [0.3, 0.4) is 0 Å². The summed E-state index contributed by atoms with van der Waals surface area (Å²) in [6.07, 6.45) is 0. The molecule has 0 aliphatic rings. The van der Waals surface area contributed by atoms with Crippen molar-refractivity contribution in [2.75, 3.05) is 0 Å². The molecule has 13 heavy (non-hydrogen) atoms. The summed E-state index contributed by atoms with van der Waals surface area (Å²) >= 11 is 1.32. The number of rotatable bonds is 3. The molecule has 0 bridgehead atoms. The maximum Gasteiger partial charge on any atom is 0.180 e. The van der Waals surface area contributed by atoms with Gasteiger partial charge < -0.3 is 10.9 Å². The van der Waals surface area contributed by atoms with Crippen molar-refractivity contribution in [1.29, 1.82) is 0 Å². The average Bonchev–Trinajstić information content (AvgIpc) is 2.62. The summed E-state index contributed by atoms with van der Waals surface area (Å²) in [4.78, 5) is 4.16. The van der Waals surface area contributed by atoms with Gasteiger partial charge in [0.05, 0.1) is 11.4 Å². The molecule has 1 heterocycles. The van der Waals surface area contributed by atoms with Crippen molar-refractivity contribution in [2.45, 2.75) is 6.54 Å². The minimum Gasteiger partial charge on any atom is -0.409 e. The minimum atomic E-state index is 0.0668. The van der Waals surface area contributed by atoms with Crippen LogP contribution in [0.25, 0.3) is 10.4 Å². The molecule has 1 aromatic rings. The predicted molar refractivity (Wildman–Crippen MR) is 49.7 cm³/mol. The monoisotopic (exact) mass is 197 g/mol. The Morgan fingerprint density at radius 1 is 1.69 bits per heavy atom. The fourth-order valence-corrected chi connectivity index (χ4v) is 1.57. The van der Waals surface area contributed by atoms with Crippen molar-refractivity contribution in [3.8, 4) is 0 Å². The summed E-state index contributed by atoms with van der Waals surface area (Å²) in [6, 6.07) is 3.48. The predicted octanol–water partition coefficient (Wildman–Crippen LogP) is 1.65. The molecule has 68 valence electrons. The number of amidine groups is 1. The van der Waals surface area contributed by atoms with E-state index in [-0.39, 0.29) is 5.84 Å². The molecular formula is C6H7N5OS. The number of nitrogens with zero attached hydrogens (tertiary/aromatic N) is 4. The maximum atomic E-state index is 8.36. The molecule has 1 aromatic heterocycles. The van der Waals surface area contributed by atoms with Crippen molar-refractivity contribution < 1.29 is 5.21 Å². The van der Waals surface area contributed by atoms with Gasteiger partial charge in [0.25, 0.3) is 0 Å². The van der Waals surface area contributed by atoms with Crippen LogP contribution in [0.1, 0.15) is 9.75 Å². The van der Waals surface area contributed by atoms with Crippen molar-refractivity contribution in [3.05, 3.63) is 32.3 Å². The van der Waals surface area contributed by atoms with Crippen molar-refractivity contribution in [2.24, 2.45) is 16.0 Å². The van der Waals surface area contributed by atoms with Gasteiger partial charge in [-0.15, -0.1) is 11.3 Å². The zero-order valence-electron chi connectivity index (χ0n) is 6.58. The molecule has 0 saturated carbocycles. The highest BCUT2D eigenvalue weighted by molar-refractivity contribution is 7.14. The SMILES string of the molecule is [N-]=[N+]=NCc1ccc(/C(N)=N\O)s1. The molecule has 0 atom stereocenters. The Balaban J connectivity index is 2.80. The van der Waals surface area contributed by atoms with E-state index in [9.17, 15) is 0 Å². The van der Waals surface area contributed by atoms with E-state index in [0.29, 0.717) is 11.4 Å². The van der Waals surface area contributed by atoms with E-state index in [1.807, 2.05) is 0 Å². The molecule has 0 aliphatic heterocycles. The molecular weight excluding hydrogens is 190 g/mol. The molecule has 0 aromatic carbocycles. The molecule has 6 nitrogen and oxygen atoms in total. The maximum absolute atomic E-state index is 8.36. The summed E-state index contributed by atoms with van der Waals surface area (Å²) in [5, 5.41) is 14.6. The van der Waals surface area contributed by atoms with Gasteiger partial charge in [-0.3, -0.25) is 0 Å². The van der Waals surface area contributed by atoms with Crippen LogP contribution in [0.15, 0.2) is 22.4 Å². The van der Waals surface area contributed by atoms with E-state index in [4.69, 9.17) is 16.5 Å². The van der Waals surface area contributed by atoms with Crippen molar-refractivity contribution >= 4 is 17.2 Å². The molecule has 0 amide bonds. The van der Waals surface area contributed by atoms with Crippen LogP contribution in [0.4, 0.5) is 0 Å². The van der Waals surface area contributed by atoms with E-state index >= 15 is 0 Å². The van der Waals surface area contributed by atoms with Gasteiger partial charge in [-0.25, -0.2) is 0 Å². The Hall–Kier alpha value is -1.72. The van der Waals surface area contributed by atoms with Gasteiger partial charge >= 0.3 is 0 Å². The van der Waals surface area contributed by atoms with E-state index in [1.165, 1.54) is 11.3 Å². The number of hydrogen-bond acceptors (Lipinski definition) is 4. The molecule has 0 fully saturated rings. The van der Waals surface area contributed by atoms with Gasteiger partial charge in [0.1, 0.15) is 0 Å². The lowest BCUT2D eigenvalue weighted by atomic mass is 10.4. The van der Waals surface area contributed by atoms with Gasteiger partial charge in [-0.05, 0) is 17.7 Å². The Labute approximate surface area is 77.9 Å². The molecule has 0 radical (unpaired) electrons. The van der Waals surface area contributed by atoms with Crippen LogP contribution in [0.2, 0.25) is 0 Å². The highest BCUT2D eigenvalue weighted by Crippen LogP contribution is 2.16. The first kappa shape index (κ1) is 9.37. The number of oxime groups is 1. The van der Waals surface area contributed by atoms with Crippen LogP contribution in [-0.4, -0.2) is 11.0 Å². The van der Waals surface area contributed by atoms with E-state index in [2.05, 4.69) is 15.2 Å². The van der Waals surface area contributed by atoms with Crippen LogP contribution in [0, 0.1) is 0 Å². The molecule has 0 unspecified atom stereocenters. The van der Waals surface area contributed by atoms with Gasteiger partial charge in [0.15, 0.2) is 5.84 Å². The first-order chi connectivity index (χ1) is 6.27. The first-order valence-electron chi connectivity index (χ1n) is 3.35. The number of azide groups is 1. The largest absolute Gasteiger partial charge is 0.409 e. The molecule has 7 heteroatoms. The standard InChI is InChI=1S/C6H7N5OS/c7-6(10-12)5-2-1-4(13-5)3-9-11-8/h1-2,12H,3H2,(H2,7,10). The van der Waals surface area contributed by atoms with E-state index < -0.39 is 0 Å². The first-order valence-corrected chi connectivity index (χ1v) is 4.17. The lowest BCUT2D eigenvalue weighted by molar-refractivity contribution is 0.319. The van der Waals surface area contributed by atoms with E-state index in [1.54, 1.807) is 12.1 Å². The summed E-state index contributed by atoms with van der Waals surface area (Å²) in [7, 11) is 0. The third kappa shape index (κ3) is 2.36. The molecule has 0 spiro atoms. The van der Waals surface area contributed by atoms with Gasteiger partial charge in [0.2, 0.25) is 0 Å². The lowest BCUT2D eigenvalue weighted by Crippen LogP contribution is -2.10. The lowest BCUT2D eigenvalue weighted by Gasteiger charge is -1.89. The smallest absolute Gasteiger partial charge is 0.180 e. The Morgan fingerprint density at radius 3 is 3.08 bits per heavy atom. The van der Waals surface area contributed by atoms with Crippen LogP contribution in [-0.2, 0) is 6.54 Å². The molecule has 1 rings (SSSR count). The Bertz CT molecular complexity index is 365. The fraction of sp³-hybridized carbons (Fsp3) is 0.167. The summed E-state index contributed by atoms with van der Waals surface area (Å²) in [5.41, 5.74) is 13.4. The third-order valence-electron chi connectivity index (χ3n) is 1.31. The minimum absolute atomic E-state index is 0.0668. The fourth-order valence-electron chi connectivity index (χ4n) is 0.751. The number of hydrogen-bond donors (Lipinski definition) is 2. The van der Waals surface area contributed by atoms with Gasteiger partial charge in [0, 0.05) is 9.79 Å². The second kappa shape index (κ2) is 4.34. The highest BCUT2D eigenvalue weighted by atomic mass is 32.1. The zero-order valence-corrected chi connectivity index (χ0v) is 7.40. The van der Waals surface area contributed by atoms with Crippen LogP contribution >= 0.6 is 11.3 Å². The molecule has 3 N–H and O–H groups in total. The van der Waals surface area contributed by atoms with E-state index in [0.717, 1.165) is 4.88 Å². The van der Waals surface area contributed by atoms with Gasteiger partial charge in [-0.1, -0.05) is 10.3 Å². The van der Waals surface area contributed by atoms with Crippen LogP contribution in [0.5, 0.6) is 0 Å². The van der Waals surface area contributed by atoms with Crippen LogP contribution < -0.4 is 5.73 Å². The number of nitrogens with two attached hydrogens (primary N) is 1. The Morgan fingerprint density at radius 2 is 2.46 bits per heavy atom. The number of thiophene rings is 1. The average molecular weight is 197 g/mol. The molecule has 0 saturated heterocycles. The highest BCUT2D eigenvalue weighted by Gasteiger charge is 2.02. The van der Waals surface area contributed by atoms with Gasteiger partial charge in [-0.2, -0.15) is 0 Å². The summed E-state index contributed by atoms with van der Waals surface area (Å²) < 4.78 is 0. The Kier molecular flexibility index (Phi) is 3.13. The normalized spacial score (nSPS) is 10.9. The summed E-state index contributed by atoms with van der Waals surface area (Å²) in [6.45, 7) is 0.292. The topological polar surface area (TPSA) is 107 Å². The zero-order chi connectivity index (χ0) is 9.68.